The number of benzene rings is 2. The van der Waals surface area contributed by atoms with Crippen LogP contribution in [0.5, 0.6) is 0 Å². The van der Waals surface area contributed by atoms with Crippen LogP contribution in [-0.4, -0.2) is 11.8 Å². The lowest BCUT2D eigenvalue weighted by Crippen LogP contribution is -2.41. The fraction of sp³-hybridized carbons (Fsp3) is 0.263. The lowest BCUT2D eigenvalue weighted by molar-refractivity contribution is -0.122. The predicted octanol–water partition coefficient (Wildman–Crippen LogP) is 3.20. The number of carbonyl (C=O) groups is 2. The normalized spacial score (nSPS) is 11.6. The van der Waals surface area contributed by atoms with Crippen LogP contribution < -0.4 is 10.9 Å². The standard InChI is InChI=1S/C19H22N2O2/c1-3-15-9-11-17(12-10-15)19(23)21-20-18(22)13-14(2)16-7-5-4-6-8-16/h4-12,14H,3,13H2,1-2H3,(H,20,22)(H,21,23). The third kappa shape index (κ3) is 4.95. The van der Waals surface area contributed by atoms with Crippen molar-refractivity contribution in [2.75, 3.05) is 0 Å². The Hall–Kier alpha value is -2.62. The lowest BCUT2D eigenvalue weighted by atomic mass is 9.98. The summed E-state index contributed by atoms with van der Waals surface area (Å²) in [6.07, 6.45) is 1.25. The van der Waals surface area contributed by atoms with Gasteiger partial charge in [0.1, 0.15) is 0 Å². The fourth-order valence-electron chi connectivity index (χ4n) is 2.32. The molecule has 2 aromatic carbocycles. The predicted molar refractivity (Wildman–Crippen MR) is 90.9 cm³/mol. The molecule has 0 heterocycles. The minimum atomic E-state index is -0.312. The molecule has 4 nitrogen and oxygen atoms in total. The smallest absolute Gasteiger partial charge is 0.269 e. The molecule has 1 atom stereocenters. The highest BCUT2D eigenvalue weighted by Crippen LogP contribution is 2.17. The Morgan fingerprint density at radius 3 is 2.22 bits per heavy atom. The van der Waals surface area contributed by atoms with Gasteiger partial charge in [-0.15, -0.1) is 0 Å². The first-order valence-corrected chi connectivity index (χ1v) is 7.83. The minimum absolute atomic E-state index is 0.0944. The van der Waals surface area contributed by atoms with Gasteiger partial charge in [-0.3, -0.25) is 20.4 Å². The van der Waals surface area contributed by atoms with Crippen molar-refractivity contribution < 1.29 is 9.59 Å². The third-order valence-corrected chi connectivity index (χ3v) is 3.80. The Balaban J connectivity index is 1.82. The molecule has 0 aliphatic carbocycles. The SMILES string of the molecule is CCc1ccc(C(=O)NNC(=O)CC(C)c2ccccc2)cc1. The summed E-state index contributed by atoms with van der Waals surface area (Å²) < 4.78 is 0. The number of hydrogen-bond acceptors (Lipinski definition) is 2. The molecule has 2 N–H and O–H groups in total. The first-order valence-electron chi connectivity index (χ1n) is 7.83. The highest BCUT2D eigenvalue weighted by Gasteiger charge is 2.12. The van der Waals surface area contributed by atoms with Crippen LogP contribution in [-0.2, 0) is 11.2 Å². The fourth-order valence-corrected chi connectivity index (χ4v) is 2.32. The highest BCUT2D eigenvalue weighted by molar-refractivity contribution is 5.95. The number of amides is 2. The molecule has 0 aromatic heterocycles. The van der Waals surface area contributed by atoms with Crippen LogP contribution >= 0.6 is 0 Å². The number of hydrazine groups is 1. The van der Waals surface area contributed by atoms with Gasteiger partial charge in [-0.2, -0.15) is 0 Å². The van der Waals surface area contributed by atoms with Crippen LogP contribution in [0.1, 0.15) is 47.7 Å². The number of hydrogen-bond donors (Lipinski definition) is 2. The van der Waals surface area contributed by atoms with E-state index in [9.17, 15) is 9.59 Å². The number of rotatable bonds is 5. The molecule has 0 aliphatic heterocycles. The molecule has 2 aromatic rings. The van der Waals surface area contributed by atoms with E-state index in [0.29, 0.717) is 12.0 Å². The maximum Gasteiger partial charge on any atom is 0.269 e. The minimum Gasteiger partial charge on any atom is -0.273 e. The van der Waals surface area contributed by atoms with Crippen LogP contribution in [0.25, 0.3) is 0 Å². The van der Waals surface area contributed by atoms with E-state index >= 15 is 0 Å². The van der Waals surface area contributed by atoms with Crippen LogP contribution in [0.3, 0.4) is 0 Å². The average Bonchev–Trinajstić information content (AvgIpc) is 2.60. The Kier molecular flexibility index (Phi) is 5.92. The second-order valence-corrected chi connectivity index (χ2v) is 5.57. The third-order valence-electron chi connectivity index (χ3n) is 3.80. The van der Waals surface area contributed by atoms with Gasteiger partial charge in [0, 0.05) is 12.0 Å². The van der Waals surface area contributed by atoms with Crippen molar-refractivity contribution in [3.8, 4) is 0 Å². The lowest BCUT2D eigenvalue weighted by Gasteiger charge is -2.12. The highest BCUT2D eigenvalue weighted by atomic mass is 16.2. The van der Waals surface area contributed by atoms with Gasteiger partial charge in [-0.25, -0.2) is 0 Å². The number of carbonyl (C=O) groups excluding carboxylic acids is 2. The quantitative estimate of drug-likeness (QED) is 0.833. The molecular formula is C19H22N2O2. The van der Waals surface area contributed by atoms with Crippen molar-refractivity contribution in [3.63, 3.8) is 0 Å². The van der Waals surface area contributed by atoms with Crippen LogP contribution in [0, 0.1) is 0 Å². The summed E-state index contributed by atoms with van der Waals surface area (Å²) in [7, 11) is 0. The molecule has 0 radical (unpaired) electrons. The van der Waals surface area contributed by atoms with Gasteiger partial charge in [-0.1, -0.05) is 56.3 Å². The molecule has 2 amide bonds. The van der Waals surface area contributed by atoms with E-state index in [2.05, 4.69) is 17.8 Å². The Morgan fingerprint density at radius 2 is 1.61 bits per heavy atom. The zero-order chi connectivity index (χ0) is 16.7. The second kappa shape index (κ2) is 8.13. The van der Waals surface area contributed by atoms with Crippen molar-refractivity contribution in [3.05, 3.63) is 71.3 Å². The molecular weight excluding hydrogens is 288 g/mol. The zero-order valence-corrected chi connectivity index (χ0v) is 13.5. The first-order chi connectivity index (χ1) is 11.1. The molecule has 0 bridgehead atoms. The van der Waals surface area contributed by atoms with Gasteiger partial charge in [0.05, 0.1) is 0 Å². The summed E-state index contributed by atoms with van der Waals surface area (Å²) in [4.78, 5) is 23.9. The topological polar surface area (TPSA) is 58.2 Å². The molecule has 4 heteroatoms. The Bertz CT molecular complexity index is 651. The van der Waals surface area contributed by atoms with Crippen molar-refractivity contribution in [2.24, 2.45) is 0 Å². The van der Waals surface area contributed by atoms with Crippen LogP contribution in [0.2, 0.25) is 0 Å². The van der Waals surface area contributed by atoms with Crippen molar-refractivity contribution in [1.82, 2.24) is 10.9 Å². The largest absolute Gasteiger partial charge is 0.273 e. The number of nitrogens with one attached hydrogen (secondary N) is 2. The van der Waals surface area contributed by atoms with Gasteiger partial charge in [-0.05, 0) is 35.6 Å². The molecule has 0 spiro atoms. The van der Waals surface area contributed by atoms with Crippen molar-refractivity contribution >= 4 is 11.8 Å². The van der Waals surface area contributed by atoms with E-state index in [4.69, 9.17) is 0 Å². The van der Waals surface area contributed by atoms with Gasteiger partial charge in [0.15, 0.2) is 0 Å². The van der Waals surface area contributed by atoms with E-state index in [1.54, 1.807) is 12.1 Å². The molecule has 0 saturated carbocycles. The maximum atomic E-state index is 12.0. The van der Waals surface area contributed by atoms with E-state index in [1.165, 1.54) is 5.56 Å². The summed E-state index contributed by atoms with van der Waals surface area (Å²) in [6.45, 7) is 4.05. The van der Waals surface area contributed by atoms with E-state index < -0.39 is 0 Å². The molecule has 23 heavy (non-hydrogen) atoms. The zero-order valence-electron chi connectivity index (χ0n) is 13.5. The summed E-state index contributed by atoms with van der Waals surface area (Å²) in [5.74, 6) is -0.426. The van der Waals surface area contributed by atoms with Crippen molar-refractivity contribution in [1.29, 1.82) is 0 Å². The maximum absolute atomic E-state index is 12.0. The molecule has 0 aliphatic rings. The molecule has 2 rings (SSSR count). The van der Waals surface area contributed by atoms with Gasteiger partial charge in [0.25, 0.3) is 5.91 Å². The molecule has 120 valence electrons. The molecule has 0 fully saturated rings. The van der Waals surface area contributed by atoms with E-state index in [1.807, 2.05) is 49.4 Å². The average molecular weight is 310 g/mol. The molecule has 0 saturated heterocycles. The van der Waals surface area contributed by atoms with E-state index in [0.717, 1.165) is 12.0 Å². The summed E-state index contributed by atoms with van der Waals surface area (Å²) in [6, 6.07) is 17.2. The number of aryl methyl sites for hydroxylation is 1. The van der Waals surface area contributed by atoms with Crippen LogP contribution in [0.15, 0.2) is 54.6 Å². The van der Waals surface area contributed by atoms with Gasteiger partial charge >= 0.3 is 0 Å². The second-order valence-electron chi connectivity index (χ2n) is 5.57. The summed E-state index contributed by atoms with van der Waals surface area (Å²) in [5, 5.41) is 0. The first kappa shape index (κ1) is 16.7. The molecule has 1 unspecified atom stereocenters. The Morgan fingerprint density at radius 1 is 0.957 bits per heavy atom. The van der Waals surface area contributed by atoms with Gasteiger partial charge < -0.3 is 0 Å². The van der Waals surface area contributed by atoms with Crippen LogP contribution in [0.4, 0.5) is 0 Å². The van der Waals surface area contributed by atoms with Gasteiger partial charge in [0.2, 0.25) is 5.91 Å². The van der Waals surface area contributed by atoms with E-state index in [-0.39, 0.29) is 17.7 Å². The monoisotopic (exact) mass is 310 g/mol. The summed E-state index contributed by atoms with van der Waals surface area (Å²) >= 11 is 0. The van der Waals surface area contributed by atoms with Crippen molar-refractivity contribution in [2.45, 2.75) is 32.6 Å². The Labute approximate surface area is 136 Å². The summed E-state index contributed by atoms with van der Waals surface area (Å²) in [5.41, 5.74) is 7.72.